The Kier molecular flexibility index (Phi) is 4.20. The molecule has 106 valence electrons. The minimum atomic E-state index is -0.126. The van der Waals surface area contributed by atoms with E-state index in [-0.39, 0.29) is 12.0 Å². The Morgan fingerprint density at radius 3 is 2.58 bits per heavy atom. The summed E-state index contributed by atoms with van der Waals surface area (Å²) in [5.41, 5.74) is 0.949. The van der Waals surface area contributed by atoms with Crippen LogP contribution in [0.2, 0.25) is 0 Å². The smallest absolute Gasteiger partial charge is 0.163 e. The molecule has 0 fully saturated rings. The SMILES string of the molecule is CN(CC(C)(C)CO)c1ccc2c(c1)OCCCO2. The number of hydrogen-bond acceptors (Lipinski definition) is 4. The molecule has 0 saturated heterocycles. The van der Waals surface area contributed by atoms with Crippen LogP contribution in [0.3, 0.4) is 0 Å². The highest BCUT2D eigenvalue weighted by Gasteiger charge is 2.20. The largest absolute Gasteiger partial charge is 0.490 e. The molecule has 4 heteroatoms. The molecule has 1 aromatic carbocycles. The molecule has 1 heterocycles. The van der Waals surface area contributed by atoms with Gasteiger partial charge in [-0.2, -0.15) is 0 Å². The van der Waals surface area contributed by atoms with Crippen molar-refractivity contribution in [2.45, 2.75) is 20.3 Å². The van der Waals surface area contributed by atoms with E-state index in [1.54, 1.807) is 0 Å². The lowest BCUT2D eigenvalue weighted by molar-refractivity contribution is 0.165. The van der Waals surface area contributed by atoms with Crippen molar-refractivity contribution in [2.24, 2.45) is 5.41 Å². The Labute approximate surface area is 114 Å². The van der Waals surface area contributed by atoms with Crippen molar-refractivity contribution in [3.63, 3.8) is 0 Å². The lowest BCUT2D eigenvalue weighted by Crippen LogP contribution is -2.33. The molecular formula is C15H23NO3. The maximum Gasteiger partial charge on any atom is 0.163 e. The minimum Gasteiger partial charge on any atom is -0.490 e. The third-order valence-electron chi connectivity index (χ3n) is 3.27. The Bertz CT molecular complexity index is 431. The standard InChI is InChI=1S/C15H23NO3/c1-15(2,11-17)10-16(3)12-5-6-13-14(9-12)19-8-4-7-18-13/h5-6,9,17H,4,7-8,10-11H2,1-3H3. The molecule has 0 aliphatic carbocycles. The Morgan fingerprint density at radius 1 is 1.21 bits per heavy atom. The predicted octanol–water partition coefficient (Wildman–Crippen LogP) is 2.30. The van der Waals surface area contributed by atoms with Crippen molar-refractivity contribution in [2.75, 3.05) is 38.3 Å². The second-order valence-electron chi connectivity index (χ2n) is 5.86. The summed E-state index contributed by atoms with van der Waals surface area (Å²) < 4.78 is 11.3. The van der Waals surface area contributed by atoms with E-state index in [2.05, 4.69) is 4.90 Å². The first kappa shape index (κ1) is 14.0. The average molecular weight is 265 g/mol. The second-order valence-corrected chi connectivity index (χ2v) is 5.86. The highest BCUT2D eigenvalue weighted by Crippen LogP contribution is 2.34. The van der Waals surface area contributed by atoms with Gasteiger partial charge in [-0.05, 0) is 12.1 Å². The van der Waals surface area contributed by atoms with Gasteiger partial charge in [-0.15, -0.1) is 0 Å². The van der Waals surface area contributed by atoms with Crippen molar-refractivity contribution in [3.05, 3.63) is 18.2 Å². The average Bonchev–Trinajstić information content (AvgIpc) is 2.62. The molecule has 0 amide bonds. The number of aliphatic hydroxyl groups is 1. The Balaban J connectivity index is 2.14. The first-order valence-corrected chi connectivity index (χ1v) is 6.73. The van der Waals surface area contributed by atoms with Crippen LogP contribution in [-0.4, -0.2) is 38.5 Å². The molecule has 0 bridgehead atoms. The zero-order valence-corrected chi connectivity index (χ0v) is 12.0. The van der Waals surface area contributed by atoms with Crippen LogP contribution in [0.15, 0.2) is 18.2 Å². The molecule has 2 rings (SSSR count). The van der Waals surface area contributed by atoms with Crippen LogP contribution in [0.5, 0.6) is 11.5 Å². The summed E-state index contributed by atoms with van der Waals surface area (Å²) in [6, 6.07) is 5.99. The van der Waals surface area contributed by atoms with Gasteiger partial charge in [0.1, 0.15) is 0 Å². The number of anilines is 1. The number of benzene rings is 1. The quantitative estimate of drug-likeness (QED) is 0.907. The van der Waals surface area contributed by atoms with Gasteiger partial charge in [0, 0.05) is 43.8 Å². The number of aliphatic hydroxyl groups excluding tert-OH is 1. The van der Waals surface area contributed by atoms with Crippen molar-refractivity contribution in [1.82, 2.24) is 0 Å². The highest BCUT2D eigenvalue weighted by molar-refractivity contribution is 5.56. The summed E-state index contributed by atoms with van der Waals surface area (Å²) in [6.45, 7) is 6.45. The molecule has 1 aromatic rings. The molecule has 1 aliphatic rings. The summed E-state index contributed by atoms with van der Waals surface area (Å²) in [5.74, 6) is 1.62. The lowest BCUT2D eigenvalue weighted by atomic mass is 9.94. The van der Waals surface area contributed by atoms with Gasteiger partial charge in [-0.3, -0.25) is 0 Å². The molecule has 1 aliphatic heterocycles. The van der Waals surface area contributed by atoms with Gasteiger partial charge in [0.2, 0.25) is 0 Å². The first-order chi connectivity index (χ1) is 9.02. The topological polar surface area (TPSA) is 41.9 Å². The van der Waals surface area contributed by atoms with E-state index in [0.717, 1.165) is 30.2 Å². The third kappa shape index (κ3) is 3.53. The zero-order chi connectivity index (χ0) is 13.9. The number of ether oxygens (including phenoxy) is 2. The fourth-order valence-corrected chi connectivity index (χ4v) is 2.17. The van der Waals surface area contributed by atoms with Gasteiger partial charge in [-0.1, -0.05) is 13.8 Å². The van der Waals surface area contributed by atoms with Gasteiger partial charge in [-0.25, -0.2) is 0 Å². The van der Waals surface area contributed by atoms with Gasteiger partial charge in [0.25, 0.3) is 0 Å². The summed E-state index contributed by atoms with van der Waals surface area (Å²) in [4.78, 5) is 2.13. The van der Waals surface area contributed by atoms with Crippen LogP contribution in [-0.2, 0) is 0 Å². The number of hydrogen-bond donors (Lipinski definition) is 1. The third-order valence-corrected chi connectivity index (χ3v) is 3.27. The van der Waals surface area contributed by atoms with E-state index in [4.69, 9.17) is 9.47 Å². The maximum absolute atomic E-state index is 9.35. The van der Waals surface area contributed by atoms with E-state index in [1.807, 2.05) is 39.1 Å². The van der Waals surface area contributed by atoms with Gasteiger partial charge in [0.15, 0.2) is 11.5 Å². The zero-order valence-electron chi connectivity index (χ0n) is 12.0. The van der Waals surface area contributed by atoms with Crippen LogP contribution in [0.4, 0.5) is 5.69 Å². The first-order valence-electron chi connectivity index (χ1n) is 6.73. The van der Waals surface area contributed by atoms with Gasteiger partial charge in [0.05, 0.1) is 13.2 Å². The molecule has 1 N–H and O–H groups in total. The van der Waals surface area contributed by atoms with Gasteiger partial charge < -0.3 is 19.5 Å². The summed E-state index contributed by atoms with van der Waals surface area (Å²) in [6.07, 6.45) is 0.914. The Hall–Kier alpha value is -1.42. The molecule has 0 spiro atoms. The second kappa shape index (κ2) is 5.70. The molecule has 0 radical (unpaired) electrons. The predicted molar refractivity (Wildman–Crippen MR) is 76.2 cm³/mol. The fraction of sp³-hybridized carbons (Fsp3) is 0.600. The van der Waals surface area contributed by atoms with Crippen LogP contribution >= 0.6 is 0 Å². The lowest BCUT2D eigenvalue weighted by Gasteiger charge is -2.30. The van der Waals surface area contributed by atoms with E-state index >= 15 is 0 Å². The number of nitrogens with zero attached hydrogens (tertiary/aromatic N) is 1. The van der Waals surface area contributed by atoms with Crippen LogP contribution in [0.25, 0.3) is 0 Å². The molecule has 19 heavy (non-hydrogen) atoms. The highest BCUT2D eigenvalue weighted by atomic mass is 16.5. The van der Waals surface area contributed by atoms with Crippen molar-refractivity contribution in [3.8, 4) is 11.5 Å². The molecule has 0 saturated carbocycles. The van der Waals surface area contributed by atoms with Crippen LogP contribution in [0.1, 0.15) is 20.3 Å². The normalized spacial score (nSPS) is 14.9. The maximum atomic E-state index is 9.35. The fourth-order valence-electron chi connectivity index (χ4n) is 2.17. The monoisotopic (exact) mass is 265 g/mol. The molecule has 0 unspecified atom stereocenters. The van der Waals surface area contributed by atoms with Crippen molar-refractivity contribution >= 4 is 5.69 Å². The minimum absolute atomic E-state index is 0.126. The molecule has 0 aromatic heterocycles. The van der Waals surface area contributed by atoms with E-state index < -0.39 is 0 Å². The molecule has 4 nitrogen and oxygen atoms in total. The summed E-state index contributed by atoms with van der Waals surface area (Å²) in [7, 11) is 2.02. The van der Waals surface area contributed by atoms with E-state index in [9.17, 15) is 5.11 Å². The summed E-state index contributed by atoms with van der Waals surface area (Å²) >= 11 is 0. The van der Waals surface area contributed by atoms with E-state index in [1.165, 1.54) is 0 Å². The van der Waals surface area contributed by atoms with Crippen molar-refractivity contribution < 1.29 is 14.6 Å². The summed E-state index contributed by atoms with van der Waals surface area (Å²) in [5, 5.41) is 9.35. The number of fused-ring (bicyclic) bond motifs is 1. The molecular weight excluding hydrogens is 242 g/mol. The number of rotatable bonds is 4. The molecule has 0 atom stereocenters. The van der Waals surface area contributed by atoms with Crippen LogP contribution < -0.4 is 14.4 Å². The van der Waals surface area contributed by atoms with Crippen molar-refractivity contribution in [1.29, 1.82) is 0 Å². The Morgan fingerprint density at radius 2 is 1.89 bits per heavy atom. The van der Waals surface area contributed by atoms with E-state index in [0.29, 0.717) is 13.2 Å². The van der Waals surface area contributed by atoms with Crippen LogP contribution in [0, 0.1) is 5.41 Å². The van der Waals surface area contributed by atoms with Gasteiger partial charge >= 0.3 is 0 Å².